The Morgan fingerprint density at radius 3 is 2.25 bits per heavy atom. The van der Waals surface area contributed by atoms with Gasteiger partial charge in [0.1, 0.15) is 5.78 Å². The molecule has 0 aromatic heterocycles. The van der Waals surface area contributed by atoms with Crippen molar-refractivity contribution in [3.8, 4) is 0 Å². The lowest BCUT2D eigenvalue weighted by atomic mass is 9.96. The second-order valence-electron chi connectivity index (χ2n) is 3.17. The predicted octanol–water partition coefficient (Wildman–Crippen LogP) is 2.93. The third-order valence-corrected chi connectivity index (χ3v) is 3.71. The van der Waals surface area contributed by atoms with Crippen molar-refractivity contribution in [2.24, 2.45) is 11.8 Å². The highest BCUT2D eigenvalue weighted by Crippen LogP contribution is 2.19. The Balaban J connectivity index is 3.91. The van der Waals surface area contributed by atoms with Crippen LogP contribution in [0.2, 0.25) is 0 Å². The monoisotopic (exact) mass is 204 g/mol. The summed E-state index contributed by atoms with van der Waals surface area (Å²) < 4.78 is 1.00. The Labute approximate surface area is 84.3 Å². The zero-order valence-electron chi connectivity index (χ0n) is 8.09. The number of thioether (sulfide) groups is 1. The van der Waals surface area contributed by atoms with Crippen LogP contribution in [0.4, 0.5) is 0 Å². The van der Waals surface area contributed by atoms with E-state index in [1.54, 1.807) is 18.7 Å². The van der Waals surface area contributed by atoms with Crippen molar-refractivity contribution < 1.29 is 4.79 Å². The van der Waals surface area contributed by atoms with Gasteiger partial charge in [0.15, 0.2) is 0 Å². The Morgan fingerprint density at radius 1 is 1.42 bits per heavy atom. The van der Waals surface area contributed by atoms with Crippen molar-refractivity contribution in [2.75, 3.05) is 6.26 Å². The summed E-state index contributed by atoms with van der Waals surface area (Å²) in [5, 5.41) is 0. The van der Waals surface area contributed by atoms with E-state index in [9.17, 15) is 4.79 Å². The fourth-order valence-corrected chi connectivity index (χ4v) is 1.59. The van der Waals surface area contributed by atoms with Crippen molar-refractivity contribution in [3.05, 3.63) is 0 Å². The van der Waals surface area contributed by atoms with Gasteiger partial charge in [-0.1, -0.05) is 26.1 Å². The lowest BCUT2D eigenvalue weighted by Crippen LogP contribution is -2.14. The number of carbonyl (C=O) groups excluding carboxylic acids is 1. The van der Waals surface area contributed by atoms with Crippen LogP contribution < -0.4 is 0 Å². The van der Waals surface area contributed by atoms with Gasteiger partial charge in [0.2, 0.25) is 0 Å². The van der Waals surface area contributed by atoms with Crippen LogP contribution in [0, 0.1) is 11.8 Å². The van der Waals surface area contributed by atoms with E-state index in [-0.39, 0.29) is 11.7 Å². The van der Waals surface area contributed by atoms with Crippen molar-refractivity contribution in [1.82, 2.24) is 0 Å². The van der Waals surface area contributed by atoms with E-state index in [2.05, 4.69) is 6.92 Å². The fourth-order valence-electron chi connectivity index (χ4n) is 0.994. The molecular formula is C9H16OS2. The maximum absolute atomic E-state index is 10.9. The molecule has 2 unspecified atom stereocenters. The van der Waals surface area contributed by atoms with E-state index in [4.69, 9.17) is 12.2 Å². The zero-order chi connectivity index (χ0) is 9.72. The van der Waals surface area contributed by atoms with Gasteiger partial charge < -0.3 is 0 Å². The normalized spacial score (nSPS) is 15.3. The molecule has 0 spiro atoms. The summed E-state index contributed by atoms with van der Waals surface area (Å²) in [5.41, 5.74) is 0. The molecule has 2 atom stereocenters. The number of thiocarbonyl (C=S) groups is 1. The highest BCUT2D eigenvalue weighted by atomic mass is 32.2. The zero-order valence-corrected chi connectivity index (χ0v) is 9.72. The summed E-state index contributed by atoms with van der Waals surface area (Å²) in [5.74, 6) is 0.768. The molecule has 3 heteroatoms. The van der Waals surface area contributed by atoms with Crippen LogP contribution in [0.1, 0.15) is 27.2 Å². The number of hydrogen-bond acceptors (Lipinski definition) is 3. The van der Waals surface area contributed by atoms with E-state index in [1.807, 2.05) is 13.2 Å². The molecular weight excluding hydrogens is 188 g/mol. The molecule has 70 valence electrons. The van der Waals surface area contributed by atoms with Gasteiger partial charge in [-0.3, -0.25) is 4.79 Å². The Hall–Kier alpha value is 0.110. The highest BCUT2D eigenvalue weighted by Gasteiger charge is 2.15. The SMILES string of the molecule is CSC(=S)C(C)CC(C)C(C)=O. The maximum Gasteiger partial charge on any atom is 0.132 e. The van der Waals surface area contributed by atoms with E-state index < -0.39 is 0 Å². The minimum absolute atomic E-state index is 0.144. The largest absolute Gasteiger partial charge is 0.300 e. The number of rotatable bonds is 4. The molecule has 0 aromatic carbocycles. The van der Waals surface area contributed by atoms with E-state index >= 15 is 0 Å². The number of carbonyl (C=O) groups is 1. The first-order valence-electron chi connectivity index (χ1n) is 4.07. The molecule has 0 N–H and O–H groups in total. The van der Waals surface area contributed by atoms with Gasteiger partial charge in [0.05, 0.1) is 4.20 Å². The smallest absolute Gasteiger partial charge is 0.132 e. The average molecular weight is 204 g/mol. The minimum atomic E-state index is 0.144. The Bertz CT molecular complexity index is 177. The van der Waals surface area contributed by atoms with E-state index in [0.29, 0.717) is 5.92 Å². The molecule has 1 nitrogen and oxygen atoms in total. The predicted molar refractivity (Wildman–Crippen MR) is 59.7 cm³/mol. The first-order chi connectivity index (χ1) is 5.49. The lowest BCUT2D eigenvalue weighted by molar-refractivity contribution is -0.120. The maximum atomic E-state index is 10.9. The molecule has 0 aliphatic heterocycles. The van der Waals surface area contributed by atoms with E-state index in [1.165, 1.54) is 0 Å². The molecule has 0 fully saturated rings. The van der Waals surface area contributed by atoms with Crippen LogP contribution in [0.5, 0.6) is 0 Å². The van der Waals surface area contributed by atoms with Gasteiger partial charge >= 0.3 is 0 Å². The number of ketones is 1. The van der Waals surface area contributed by atoms with Crippen molar-refractivity contribution in [1.29, 1.82) is 0 Å². The van der Waals surface area contributed by atoms with Gasteiger partial charge in [-0.2, -0.15) is 0 Å². The number of Topliss-reactive ketones (excluding diaryl/α,β-unsaturated/α-hetero) is 1. The molecule has 0 radical (unpaired) electrons. The molecule has 0 rings (SSSR count). The molecule has 0 saturated carbocycles. The lowest BCUT2D eigenvalue weighted by Gasteiger charge is -2.14. The summed E-state index contributed by atoms with van der Waals surface area (Å²) >= 11 is 6.74. The topological polar surface area (TPSA) is 17.1 Å². The molecule has 0 aliphatic rings. The second-order valence-corrected chi connectivity index (χ2v) is 4.72. The molecule has 0 saturated heterocycles. The van der Waals surface area contributed by atoms with E-state index in [0.717, 1.165) is 10.6 Å². The molecule has 0 heterocycles. The highest BCUT2D eigenvalue weighted by molar-refractivity contribution is 8.22. The molecule has 0 aromatic rings. The summed E-state index contributed by atoms with van der Waals surface area (Å²) in [4.78, 5) is 10.9. The van der Waals surface area contributed by atoms with Crippen molar-refractivity contribution in [3.63, 3.8) is 0 Å². The first-order valence-corrected chi connectivity index (χ1v) is 5.70. The minimum Gasteiger partial charge on any atom is -0.300 e. The number of hydrogen-bond donors (Lipinski definition) is 0. The van der Waals surface area contributed by atoms with Crippen molar-refractivity contribution in [2.45, 2.75) is 27.2 Å². The van der Waals surface area contributed by atoms with Crippen LogP contribution in [0.15, 0.2) is 0 Å². The van der Waals surface area contributed by atoms with Gasteiger partial charge in [-0.15, -0.1) is 11.8 Å². The third kappa shape index (κ3) is 4.21. The molecule has 0 bridgehead atoms. The Morgan fingerprint density at radius 2 is 1.92 bits per heavy atom. The van der Waals surface area contributed by atoms with Crippen molar-refractivity contribution >= 4 is 34.0 Å². The Kier molecular flexibility index (Phi) is 5.76. The van der Waals surface area contributed by atoms with Gasteiger partial charge in [-0.05, 0) is 25.5 Å². The van der Waals surface area contributed by atoms with Gasteiger partial charge in [0.25, 0.3) is 0 Å². The summed E-state index contributed by atoms with van der Waals surface area (Å²) in [7, 11) is 0. The second kappa shape index (κ2) is 5.70. The fraction of sp³-hybridized carbons (Fsp3) is 0.778. The summed E-state index contributed by atoms with van der Waals surface area (Å²) in [6.45, 7) is 5.68. The van der Waals surface area contributed by atoms with Crippen LogP contribution in [-0.2, 0) is 4.79 Å². The van der Waals surface area contributed by atoms with Crippen LogP contribution >= 0.6 is 24.0 Å². The quantitative estimate of drug-likeness (QED) is 0.655. The first kappa shape index (κ1) is 12.1. The van der Waals surface area contributed by atoms with Crippen LogP contribution in [-0.4, -0.2) is 16.2 Å². The molecule has 0 aliphatic carbocycles. The van der Waals surface area contributed by atoms with Crippen LogP contribution in [0.25, 0.3) is 0 Å². The summed E-state index contributed by atoms with van der Waals surface area (Å²) in [6, 6.07) is 0. The molecule has 12 heavy (non-hydrogen) atoms. The molecule has 0 amide bonds. The third-order valence-electron chi connectivity index (χ3n) is 2.00. The standard InChI is InChI=1S/C9H16OS2/c1-6(8(3)10)5-7(2)9(11)12-4/h6-7H,5H2,1-4H3. The van der Waals surface area contributed by atoms with Crippen LogP contribution in [0.3, 0.4) is 0 Å². The summed E-state index contributed by atoms with van der Waals surface area (Å²) in [6.07, 6.45) is 2.87. The van der Waals surface area contributed by atoms with Gasteiger partial charge in [-0.25, -0.2) is 0 Å². The van der Waals surface area contributed by atoms with Gasteiger partial charge in [0, 0.05) is 5.92 Å². The average Bonchev–Trinajstić information content (AvgIpc) is 2.02.